The molecule has 2 rings (SSSR count). The Morgan fingerprint density at radius 3 is 2.78 bits per heavy atom. The van der Waals surface area contributed by atoms with Gasteiger partial charge >= 0.3 is 6.03 Å². The van der Waals surface area contributed by atoms with E-state index < -0.39 is 6.03 Å². The summed E-state index contributed by atoms with van der Waals surface area (Å²) in [4.78, 5) is 20.1. The maximum Gasteiger partial charge on any atom is 0.339 e. The number of halogens is 1. The quantitative estimate of drug-likeness (QED) is 0.659. The predicted molar refractivity (Wildman–Crippen MR) is 104 cm³/mol. The highest BCUT2D eigenvalue weighted by Crippen LogP contribution is 2.31. The molecule has 7 nitrogen and oxygen atoms in total. The van der Waals surface area contributed by atoms with Crippen LogP contribution in [0.5, 0.6) is 17.4 Å². The zero-order valence-electron chi connectivity index (χ0n) is 15.4. The third-order valence-electron chi connectivity index (χ3n) is 3.32. The van der Waals surface area contributed by atoms with Crippen molar-refractivity contribution >= 4 is 23.7 Å². The Morgan fingerprint density at radius 2 is 2.15 bits per heavy atom. The van der Waals surface area contributed by atoms with E-state index in [1.54, 1.807) is 30.5 Å². The molecule has 0 aliphatic rings. The van der Waals surface area contributed by atoms with Crippen LogP contribution in [-0.4, -0.2) is 30.8 Å². The van der Waals surface area contributed by atoms with E-state index in [1.165, 1.54) is 7.11 Å². The summed E-state index contributed by atoms with van der Waals surface area (Å²) in [6.07, 6.45) is 5.34. The molecular formula is C19H22ClN3O4. The van der Waals surface area contributed by atoms with Gasteiger partial charge in [0.15, 0.2) is 0 Å². The lowest BCUT2D eigenvalue weighted by Gasteiger charge is -2.10. The molecule has 1 aromatic heterocycles. The second-order valence-electron chi connectivity index (χ2n) is 5.48. The second-order valence-corrected chi connectivity index (χ2v) is 5.89. The highest BCUT2D eigenvalue weighted by Gasteiger charge is 2.06. The third kappa shape index (κ3) is 6.80. The number of hydrogen-bond donors (Lipinski definition) is 2. The van der Waals surface area contributed by atoms with Crippen molar-refractivity contribution in [2.45, 2.75) is 19.9 Å². The van der Waals surface area contributed by atoms with E-state index in [1.807, 2.05) is 32.1 Å². The zero-order valence-corrected chi connectivity index (χ0v) is 16.1. The molecule has 0 bridgehead atoms. The fraction of sp³-hybridized carbons (Fsp3) is 0.263. The molecule has 0 radical (unpaired) electrons. The van der Waals surface area contributed by atoms with E-state index in [0.29, 0.717) is 29.0 Å². The number of urea groups is 1. The highest BCUT2D eigenvalue weighted by molar-refractivity contribution is 6.32. The van der Waals surface area contributed by atoms with Gasteiger partial charge in [-0.1, -0.05) is 23.8 Å². The van der Waals surface area contributed by atoms with Crippen LogP contribution >= 0.6 is 11.6 Å². The largest absolute Gasteiger partial charge is 0.494 e. The molecule has 0 saturated carbocycles. The maximum atomic E-state index is 11.3. The first kappa shape index (κ1) is 20.5. The first-order valence-electron chi connectivity index (χ1n) is 8.35. The summed E-state index contributed by atoms with van der Waals surface area (Å²) >= 11 is 6.20. The number of aromatic nitrogens is 1. The van der Waals surface area contributed by atoms with E-state index in [2.05, 4.69) is 20.6 Å². The molecule has 1 atom stereocenters. The number of rotatable bonds is 8. The smallest absolute Gasteiger partial charge is 0.339 e. The van der Waals surface area contributed by atoms with Gasteiger partial charge < -0.3 is 14.8 Å². The van der Waals surface area contributed by atoms with Gasteiger partial charge in [-0.25, -0.2) is 15.3 Å². The number of nitrogens with zero attached hydrogens (tertiary/aromatic N) is 1. The molecule has 1 aromatic carbocycles. The monoisotopic (exact) mass is 391 g/mol. The average molecular weight is 392 g/mol. The van der Waals surface area contributed by atoms with Crippen LogP contribution in [0.4, 0.5) is 4.79 Å². The van der Waals surface area contributed by atoms with Gasteiger partial charge in [0.05, 0.1) is 18.7 Å². The molecule has 1 heterocycles. The molecule has 0 aliphatic carbocycles. The summed E-state index contributed by atoms with van der Waals surface area (Å²) in [5, 5.41) is 3.13. The van der Waals surface area contributed by atoms with Crippen molar-refractivity contribution in [3.05, 3.63) is 53.2 Å². The molecule has 0 saturated heterocycles. The summed E-state index contributed by atoms with van der Waals surface area (Å²) in [6.45, 7) is 4.31. The summed E-state index contributed by atoms with van der Waals surface area (Å²) in [5.41, 5.74) is 3.05. The maximum absolute atomic E-state index is 11.3. The van der Waals surface area contributed by atoms with Gasteiger partial charge in [0, 0.05) is 24.4 Å². The van der Waals surface area contributed by atoms with E-state index >= 15 is 0 Å². The van der Waals surface area contributed by atoms with Crippen LogP contribution in [-0.2, 0) is 4.84 Å². The lowest BCUT2D eigenvalue weighted by Crippen LogP contribution is -2.39. The number of ether oxygens (including phenoxy) is 2. The number of amides is 2. The normalized spacial score (nSPS) is 11.9. The number of nitrogens with one attached hydrogen (secondary N) is 2. The minimum absolute atomic E-state index is 0.182. The molecule has 8 heteroatoms. The summed E-state index contributed by atoms with van der Waals surface area (Å²) < 4.78 is 11.1. The summed E-state index contributed by atoms with van der Waals surface area (Å²) in [5.74, 6) is 1.60. The third-order valence-corrected chi connectivity index (χ3v) is 3.61. The van der Waals surface area contributed by atoms with Gasteiger partial charge in [0.2, 0.25) is 5.88 Å². The SMILES string of the molecule is CCOc1ccc(Oc2ccc(C=C[C@H](C)NC(=O)NOC)cn2)c(Cl)c1. The van der Waals surface area contributed by atoms with Crippen molar-refractivity contribution < 1.29 is 19.1 Å². The molecule has 0 spiro atoms. The van der Waals surface area contributed by atoms with Crippen molar-refractivity contribution in [1.82, 2.24) is 15.8 Å². The van der Waals surface area contributed by atoms with Gasteiger partial charge in [-0.2, -0.15) is 0 Å². The number of hydrogen-bond acceptors (Lipinski definition) is 5. The Labute approximate surface area is 163 Å². The molecular weight excluding hydrogens is 370 g/mol. The minimum Gasteiger partial charge on any atom is -0.494 e. The van der Waals surface area contributed by atoms with Crippen LogP contribution < -0.4 is 20.3 Å². The van der Waals surface area contributed by atoms with Crippen LogP contribution in [0.2, 0.25) is 5.02 Å². The van der Waals surface area contributed by atoms with Crippen LogP contribution in [0.3, 0.4) is 0 Å². The number of hydroxylamine groups is 1. The predicted octanol–water partition coefficient (Wildman–Crippen LogP) is 4.19. The first-order valence-corrected chi connectivity index (χ1v) is 8.73. The molecule has 27 heavy (non-hydrogen) atoms. The lowest BCUT2D eigenvalue weighted by molar-refractivity contribution is 0.107. The minimum atomic E-state index is -0.413. The fourth-order valence-corrected chi connectivity index (χ4v) is 2.33. The van der Waals surface area contributed by atoms with Crippen LogP contribution in [0.15, 0.2) is 42.6 Å². The van der Waals surface area contributed by atoms with Crippen molar-refractivity contribution in [3.63, 3.8) is 0 Å². The first-order chi connectivity index (χ1) is 13.0. The standard InChI is InChI=1S/C19H22ClN3O4/c1-4-26-15-8-9-17(16(20)11-15)27-18-10-7-14(12-21-18)6-5-13(2)22-19(24)23-25-3/h5-13H,4H2,1-3H3,(H2,22,23,24)/t13-/m0/s1. The number of pyridine rings is 1. The Hall–Kier alpha value is -2.77. The molecule has 144 valence electrons. The average Bonchev–Trinajstić information content (AvgIpc) is 2.64. The van der Waals surface area contributed by atoms with Crippen molar-refractivity contribution in [1.29, 1.82) is 0 Å². The molecule has 2 aromatic rings. The van der Waals surface area contributed by atoms with Crippen molar-refractivity contribution in [2.75, 3.05) is 13.7 Å². The zero-order chi connectivity index (χ0) is 19.6. The van der Waals surface area contributed by atoms with Crippen LogP contribution in [0, 0.1) is 0 Å². The lowest BCUT2D eigenvalue weighted by atomic mass is 10.2. The Balaban J connectivity index is 1.95. The number of benzene rings is 1. The fourth-order valence-electron chi connectivity index (χ4n) is 2.12. The van der Waals surface area contributed by atoms with E-state index in [0.717, 1.165) is 5.56 Å². The van der Waals surface area contributed by atoms with Gasteiger partial charge in [0.25, 0.3) is 0 Å². The second kappa shape index (κ2) is 10.4. The molecule has 0 fully saturated rings. The van der Waals surface area contributed by atoms with E-state index in [-0.39, 0.29) is 6.04 Å². The Morgan fingerprint density at radius 1 is 1.33 bits per heavy atom. The number of carbonyl (C=O) groups is 1. The van der Waals surface area contributed by atoms with Crippen molar-refractivity contribution in [2.24, 2.45) is 0 Å². The van der Waals surface area contributed by atoms with Gasteiger partial charge in [-0.05, 0) is 37.6 Å². The Kier molecular flexibility index (Phi) is 7.91. The molecule has 0 unspecified atom stereocenters. The van der Waals surface area contributed by atoms with Gasteiger partial charge in [-0.15, -0.1) is 0 Å². The Bertz CT molecular complexity index is 781. The van der Waals surface area contributed by atoms with Crippen LogP contribution in [0.1, 0.15) is 19.4 Å². The van der Waals surface area contributed by atoms with Gasteiger partial charge in [-0.3, -0.25) is 4.84 Å². The van der Waals surface area contributed by atoms with Gasteiger partial charge in [0.1, 0.15) is 11.5 Å². The molecule has 0 aliphatic heterocycles. The van der Waals surface area contributed by atoms with Crippen molar-refractivity contribution in [3.8, 4) is 17.4 Å². The highest BCUT2D eigenvalue weighted by atomic mass is 35.5. The van der Waals surface area contributed by atoms with E-state index in [9.17, 15) is 4.79 Å². The molecule has 2 N–H and O–H groups in total. The summed E-state index contributed by atoms with van der Waals surface area (Å²) in [7, 11) is 1.37. The van der Waals surface area contributed by atoms with Crippen LogP contribution in [0.25, 0.3) is 6.08 Å². The summed E-state index contributed by atoms with van der Waals surface area (Å²) in [6, 6.07) is 8.22. The molecule has 2 amide bonds. The number of carbonyl (C=O) groups excluding carboxylic acids is 1. The topological polar surface area (TPSA) is 81.7 Å². The van der Waals surface area contributed by atoms with E-state index in [4.69, 9.17) is 21.1 Å².